The average Bonchev–Trinajstić information content (AvgIpc) is 2.94. The van der Waals surface area contributed by atoms with Gasteiger partial charge in [0, 0.05) is 30.7 Å². The third-order valence-corrected chi connectivity index (χ3v) is 4.97. The van der Waals surface area contributed by atoms with Gasteiger partial charge in [-0.05, 0) is 52.1 Å². The molecule has 2 heterocycles. The van der Waals surface area contributed by atoms with Crippen molar-refractivity contribution in [2.45, 2.75) is 46.6 Å². The molecular weight excluding hydrogens is 433 g/mol. The Balaban J connectivity index is 0.00000288. The Bertz CT molecular complexity index is 491. The van der Waals surface area contributed by atoms with E-state index in [-0.39, 0.29) is 24.0 Å². The van der Waals surface area contributed by atoms with Crippen LogP contribution in [0, 0.1) is 12.8 Å². The van der Waals surface area contributed by atoms with Gasteiger partial charge in [-0.15, -0.1) is 35.3 Å². The highest BCUT2D eigenvalue weighted by molar-refractivity contribution is 14.0. The van der Waals surface area contributed by atoms with Gasteiger partial charge in [0.15, 0.2) is 5.96 Å². The summed E-state index contributed by atoms with van der Waals surface area (Å²) in [6.45, 7) is 12.7. The number of guanidine groups is 1. The molecule has 5 nitrogen and oxygen atoms in total. The zero-order chi connectivity index (χ0) is 16.5. The first-order valence-electron chi connectivity index (χ1n) is 8.83. The lowest BCUT2D eigenvalue weighted by Crippen LogP contribution is -2.40. The Labute approximate surface area is 167 Å². The monoisotopic (exact) mass is 465 g/mol. The lowest BCUT2D eigenvalue weighted by molar-refractivity contribution is 0.182. The van der Waals surface area contributed by atoms with E-state index in [2.05, 4.69) is 46.3 Å². The minimum Gasteiger partial charge on any atom is -0.357 e. The maximum atomic E-state index is 4.62. The van der Waals surface area contributed by atoms with Crippen molar-refractivity contribution >= 4 is 41.3 Å². The third-order valence-electron chi connectivity index (χ3n) is 4.07. The predicted molar refractivity (Wildman–Crippen MR) is 115 cm³/mol. The molecule has 1 aromatic rings. The molecule has 0 bridgehead atoms. The third kappa shape index (κ3) is 8.11. The van der Waals surface area contributed by atoms with E-state index >= 15 is 0 Å². The number of aryl methyl sites for hydroxylation is 1. The highest BCUT2D eigenvalue weighted by Gasteiger charge is 2.15. The number of rotatable bonds is 7. The fraction of sp³-hybridized carbons (Fsp3) is 0.765. The molecule has 0 amide bonds. The van der Waals surface area contributed by atoms with E-state index in [4.69, 9.17) is 0 Å². The summed E-state index contributed by atoms with van der Waals surface area (Å²) in [6.07, 6.45) is 5.82. The van der Waals surface area contributed by atoms with E-state index in [0.29, 0.717) is 6.54 Å². The SMILES string of the molecule is CCNC(=NCc1ncc(C)s1)NCCCN1CCCC(C)C1.I. The van der Waals surface area contributed by atoms with Crippen LogP contribution >= 0.6 is 35.3 Å². The van der Waals surface area contributed by atoms with Gasteiger partial charge in [0.05, 0.1) is 6.54 Å². The molecule has 1 saturated heterocycles. The number of piperidine rings is 1. The number of aliphatic imine (C=N–C) groups is 1. The van der Waals surface area contributed by atoms with E-state index < -0.39 is 0 Å². The van der Waals surface area contributed by atoms with Crippen LogP contribution in [0.1, 0.15) is 43.0 Å². The largest absolute Gasteiger partial charge is 0.357 e. The fourth-order valence-electron chi connectivity index (χ4n) is 2.96. The minimum absolute atomic E-state index is 0. The quantitative estimate of drug-likeness (QED) is 0.281. The summed E-state index contributed by atoms with van der Waals surface area (Å²) in [7, 11) is 0. The van der Waals surface area contributed by atoms with Crippen LogP contribution in [0.4, 0.5) is 0 Å². The molecule has 0 spiro atoms. The van der Waals surface area contributed by atoms with Gasteiger partial charge in [-0.1, -0.05) is 6.92 Å². The molecule has 1 aliphatic heterocycles. The number of nitrogens with one attached hydrogen (secondary N) is 2. The van der Waals surface area contributed by atoms with Crippen molar-refractivity contribution in [3.8, 4) is 0 Å². The molecule has 1 fully saturated rings. The lowest BCUT2D eigenvalue weighted by atomic mass is 10.0. The summed E-state index contributed by atoms with van der Waals surface area (Å²) in [5.74, 6) is 1.75. The highest BCUT2D eigenvalue weighted by atomic mass is 127. The van der Waals surface area contributed by atoms with Gasteiger partial charge in [0.25, 0.3) is 0 Å². The van der Waals surface area contributed by atoms with Crippen LogP contribution in [0.15, 0.2) is 11.2 Å². The van der Waals surface area contributed by atoms with Gasteiger partial charge in [-0.2, -0.15) is 0 Å². The van der Waals surface area contributed by atoms with Gasteiger partial charge in [-0.3, -0.25) is 0 Å². The smallest absolute Gasteiger partial charge is 0.191 e. The van der Waals surface area contributed by atoms with Crippen LogP contribution in [0.25, 0.3) is 0 Å². The molecule has 24 heavy (non-hydrogen) atoms. The molecule has 1 unspecified atom stereocenters. The van der Waals surface area contributed by atoms with Crippen molar-refractivity contribution < 1.29 is 0 Å². The van der Waals surface area contributed by atoms with E-state index in [1.54, 1.807) is 11.3 Å². The van der Waals surface area contributed by atoms with Crippen LogP contribution in [0.3, 0.4) is 0 Å². The maximum Gasteiger partial charge on any atom is 0.191 e. The molecule has 1 aromatic heterocycles. The van der Waals surface area contributed by atoms with Crippen molar-refractivity contribution in [2.24, 2.45) is 10.9 Å². The molecule has 0 radical (unpaired) electrons. The van der Waals surface area contributed by atoms with Gasteiger partial charge < -0.3 is 15.5 Å². The molecular formula is C17H32IN5S. The zero-order valence-electron chi connectivity index (χ0n) is 15.2. The molecule has 7 heteroatoms. The van der Waals surface area contributed by atoms with Crippen LogP contribution in [-0.4, -0.2) is 48.6 Å². The second-order valence-electron chi connectivity index (χ2n) is 6.39. The molecule has 0 aromatic carbocycles. The summed E-state index contributed by atoms with van der Waals surface area (Å²) < 4.78 is 0. The molecule has 1 atom stereocenters. The van der Waals surface area contributed by atoms with Crippen molar-refractivity contribution in [3.05, 3.63) is 16.1 Å². The van der Waals surface area contributed by atoms with Crippen LogP contribution in [-0.2, 0) is 6.54 Å². The summed E-state index contributed by atoms with van der Waals surface area (Å²) >= 11 is 1.71. The number of halogens is 1. The van der Waals surface area contributed by atoms with Crippen molar-refractivity contribution in [1.82, 2.24) is 20.5 Å². The van der Waals surface area contributed by atoms with Gasteiger partial charge in [0.1, 0.15) is 5.01 Å². The van der Waals surface area contributed by atoms with E-state index in [1.165, 1.54) is 37.4 Å². The first-order chi connectivity index (χ1) is 11.2. The van der Waals surface area contributed by atoms with Crippen molar-refractivity contribution in [1.29, 1.82) is 0 Å². The van der Waals surface area contributed by atoms with Gasteiger partial charge in [0.2, 0.25) is 0 Å². The number of nitrogens with zero attached hydrogens (tertiary/aromatic N) is 3. The summed E-state index contributed by atoms with van der Waals surface area (Å²) in [5, 5.41) is 7.82. The second kappa shape index (κ2) is 12.0. The average molecular weight is 465 g/mol. The fourth-order valence-corrected chi connectivity index (χ4v) is 3.67. The first-order valence-corrected chi connectivity index (χ1v) is 9.65. The van der Waals surface area contributed by atoms with Crippen LogP contribution in [0.2, 0.25) is 0 Å². The predicted octanol–water partition coefficient (Wildman–Crippen LogP) is 3.25. The number of thiazole rings is 1. The second-order valence-corrected chi connectivity index (χ2v) is 7.71. The maximum absolute atomic E-state index is 4.62. The van der Waals surface area contributed by atoms with Gasteiger partial charge in [-0.25, -0.2) is 9.98 Å². The first kappa shape index (κ1) is 21.6. The van der Waals surface area contributed by atoms with Crippen molar-refractivity contribution in [3.63, 3.8) is 0 Å². The number of aromatic nitrogens is 1. The Morgan fingerprint density at radius 1 is 1.46 bits per heavy atom. The minimum atomic E-state index is 0. The molecule has 138 valence electrons. The Morgan fingerprint density at radius 3 is 2.96 bits per heavy atom. The summed E-state index contributed by atoms with van der Waals surface area (Å²) in [4.78, 5) is 12.8. The summed E-state index contributed by atoms with van der Waals surface area (Å²) in [5.41, 5.74) is 0. The number of hydrogen-bond acceptors (Lipinski definition) is 4. The molecule has 2 rings (SSSR count). The van der Waals surface area contributed by atoms with E-state index in [1.807, 2.05) is 6.20 Å². The Kier molecular flexibility index (Phi) is 10.8. The topological polar surface area (TPSA) is 52.6 Å². The molecule has 1 aliphatic rings. The molecule has 0 saturated carbocycles. The van der Waals surface area contributed by atoms with Gasteiger partial charge >= 0.3 is 0 Å². The lowest BCUT2D eigenvalue weighted by Gasteiger charge is -2.30. The standard InChI is InChI=1S/C17H31N5S.HI/c1-4-18-17(21-12-16-20-11-15(3)23-16)19-8-6-10-22-9-5-7-14(2)13-22;/h11,14H,4-10,12-13H2,1-3H3,(H2,18,19,21);1H. The Morgan fingerprint density at radius 2 is 2.29 bits per heavy atom. The van der Waals surface area contributed by atoms with E-state index in [0.717, 1.165) is 36.4 Å². The van der Waals surface area contributed by atoms with Crippen LogP contribution in [0.5, 0.6) is 0 Å². The zero-order valence-corrected chi connectivity index (χ0v) is 18.3. The van der Waals surface area contributed by atoms with Crippen LogP contribution < -0.4 is 10.6 Å². The normalized spacial score (nSPS) is 19.0. The number of likely N-dealkylation sites (tertiary alicyclic amines) is 1. The highest BCUT2D eigenvalue weighted by Crippen LogP contribution is 2.15. The molecule has 2 N–H and O–H groups in total. The van der Waals surface area contributed by atoms with Crippen molar-refractivity contribution in [2.75, 3.05) is 32.7 Å². The molecule has 0 aliphatic carbocycles. The van der Waals surface area contributed by atoms with E-state index in [9.17, 15) is 0 Å². The number of hydrogen-bond donors (Lipinski definition) is 2. The summed E-state index contributed by atoms with van der Waals surface area (Å²) in [6, 6.07) is 0. The Hall–Kier alpha value is -0.410.